The first kappa shape index (κ1) is 45.7. The lowest BCUT2D eigenvalue weighted by atomic mass is 9.93. The van der Waals surface area contributed by atoms with Gasteiger partial charge in [-0.25, -0.2) is 32.3 Å². The second kappa shape index (κ2) is 17.5. The van der Waals surface area contributed by atoms with Crippen molar-refractivity contribution in [3.05, 3.63) is 99.0 Å². The number of aromatic amines is 1. The second-order valence-corrected chi connectivity index (χ2v) is 17.0. The monoisotopic (exact) mass is 914 g/mol. The number of hydrogen-bond acceptors (Lipinski definition) is 21. The molecule has 4 aromatic rings. The first-order chi connectivity index (χ1) is 29.6. The van der Waals surface area contributed by atoms with Gasteiger partial charge in [0.05, 0.1) is 23.6 Å². The van der Waals surface area contributed by atoms with Gasteiger partial charge < -0.3 is 28.4 Å². The quantitative estimate of drug-likeness (QED) is 0.0967. The molecular formula is C37H34N6O18S2. The number of ether oxygens (including phenoxy) is 6. The number of aromatic nitrogens is 4. The van der Waals surface area contributed by atoms with E-state index in [-0.39, 0.29) is 11.1 Å². The Hall–Kier alpha value is -6.81. The standard InChI is InChI=1S/C37H34N6O18S2/c1-20(44)56-27-31(58-24(36(27,17-38)60-62(3,50)51)15-54-33(47)22-11-7-5-8-12-22)42-19-40-29-26(42)30(46)41-35(49)43(29)32-28(57-21(2)45)37(18-39,61-63(4,52)53)25(59-32)16-55-34(48)23-13-9-6-10-14-23/h5-14,19,24-25,27-28,31-32H,15-16H2,1-4H3,(H,41,46,49)/t24-,25-,27+,28+,31-,32-,36-,37-/m1/s1. The molecule has 2 aliphatic heterocycles. The summed E-state index contributed by atoms with van der Waals surface area (Å²) in [7, 11) is -9.34. The Balaban J connectivity index is 1.49. The van der Waals surface area contributed by atoms with Crippen molar-refractivity contribution in [1.82, 2.24) is 19.1 Å². The SMILES string of the molecule is CC(=O)O[C@H]1[C@H](n2cnc3c2c(=O)[nH]c(=O)n3[C@@H]2O[C@H](COC(=O)c3ccccc3)[C@@](C#N)(OS(C)(=O)=O)[C@H]2OC(C)=O)O[C@H](COC(=O)c2ccccc2)[C@@]1(C#N)OS(C)(=O)=O. The lowest BCUT2D eigenvalue weighted by molar-refractivity contribution is -0.158. The van der Waals surface area contributed by atoms with Crippen LogP contribution >= 0.6 is 0 Å². The highest BCUT2D eigenvalue weighted by molar-refractivity contribution is 7.86. The van der Waals surface area contributed by atoms with Gasteiger partial charge in [-0.2, -0.15) is 27.4 Å². The Morgan fingerprint density at radius 3 is 1.59 bits per heavy atom. The third-order valence-corrected chi connectivity index (χ3v) is 10.5. The molecule has 6 rings (SSSR count). The number of nitrogens with one attached hydrogen (secondary N) is 1. The number of carbonyl (C=O) groups is 4. The van der Waals surface area contributed by atoms with Crippen molar-refractivity contribution in [2.75, 3.05) is 25.7 Å². The summed E-state index contributed by atoms with van der Waals surface area (Å²) in [6.07, 6.45) is -10.4. The molecule has 0 aliphatic carbocycles. The van der Waals surface area contributed by atoms with Gasteiger partial charge in [-0.15, -0.1) is 0 Å². The highest BCUT2D eigenvalue weighted by atomic mass is 32.2. The number of benzene rings is 2. The molecule has 2 aromatic heterocycles. The highest BCUT2D eigenvalue weighted by Gasteiger charge is 2.66. The fourth-order valence-electron chi connectivity index (χ4n) is 6.97. The van der Waals surface area contributed by atoms with Crippen LogP contribution in [0.1, 0.15) is 47.0 Å². The van der Waals surface area contributed by atoms with Gasteiger partial charge in [0.15, 0.2) is 35.8 Å². The van der Waals surface area contributed by atoms with Gasteiger partial charge >= 0.3 is 29.6 Å². The first-order valence-corrected chi connectivity index (χ1v) is 21.7. The molecule has 0 bridgehead atoms. The maximum Gasteiger partial charge on any atom is 0.338 e. The maximum absolute atomic E-state index is 13.8. The Kier molecular flexibility index (Phi) is 12.7. The van der Waals surface area contributed by atoms with E-state index in [0.717, 1.165) is 24.7 Å². The fourth-order valence-corrected chi connectivity index (χ4v) is 8.45. The largest absolute Gasteiger partial charge is 0.459 e. The van der Waals surface area contributed by atoms with Crippen molar-refractivity contribution < 1.29 is 72.8 Å². The highest BCUT2D eigenvalue weighted by Crippen LogP contribution is 2.45. The van der Waals surface area contributed by atoms with Crippen LogP contribution in [0.25, 0.3) is 11.2 Å². The number of fused-ring (bicyclic) bond motifs is 1. The number of imidazole rings is 1. The minimum absolute atomic E-state index is 0.0272. The average molecular weight is 915 g/mol. The molecular weight excluding hydrogens is 881 g/mol. The lowest BCUT2D eigenvalue weighted by Crippen LogP contribution is -2.53. The van der Waals surface area contributed by atoms with Gasteiger partial charge in [0.2, 0.25) is 11.2 Å². The first-order valence-electron chi connectivity index (χ1n) is 18.1. The van der Waals surface area contributed by atoms with Crippen LogP contribution in [0.15, 0.2) is 76.6 Å². The topological polar surface area (TPSA) is 331 Å². The average Bonchev–Trinajstić information content (AvgIpc) is 3.86. The molecule has 24 nitrogen and oxygen atoms in total. The minimum atomic E-state index is -4.69. The van der Waals surface area contributed by atoms with E-state index in [4.69, 9.17) is 36.8 Å². The zero-order valence-corrected chi connectivity index (χ0v) is 34.8. The molecule has 0 amide bonds. The van der Waals surface area contributed by atoms with Crippen molar-refractivity contribution in [2.24, 2.45) is 0 Å². The molecule has 0 radical (unpaired) electrons. The summed E-state index contributed by atoms with van der Waals surface area (Å²) in [5.74, 6) is -4.20. The van der Waals surface area contributed by atoms with E-state index >= 15 is 0 Å². The fraction of sp³-hybridized carbons (Fsp3) is 0.378. The number of nitriles is 2. The molecule has 2 saturated heterocycles. The molecule has 0 unspecified atom stereocenters. The summed E-state index contributed by atoms with van der Waals surface area (Å²) < 4.78 is 96.1. The van der Waals surface area contributed by atoms with Gasteiger partial charge in [0.1, 0.15) is 43.9 Å². The number of hydrogen-bond donors (Lipinski definition) is 1. The molecule has 4 heterocycles. The van der Waals surface area contributed by atoms with Gasteiger partial charge in [-0.3, -0.25) is 23.9 Å². The third-order valence-electron chi connectivity index (χ3n) is 9.38. The number of carbonyl (C=O) groups excluding carboxylic acids is 4. The van der Waals surface area contributed by atoms with Crippen LogP contribution in [0, 0.1) is 22.7 Å². The van der Waals surface area contributed by atoms with Crippen LogP contribution in [0.2, 0.25) is 0 Å². The van der Waals surface area contributed by atoms with E-state index in [1.165, 1.54) is 48.5 Å². The number of nitrogens with zero attached hydrogens (tertiary/aromatic N) is 5. The van der Waals surface area contributed by atoms with Gasteiger partial charge in [0.25, 0.3) is 25.8 Å². The smallest absolute Gasteiger partial charge is 0.338 e. The number of rotatable bonds is 14. The zero-order valence-electron chi connectivity index (χ0n) is 33.1. The summed E-state index contributed by atoms with van der Waals surface area (Å²) in [5, 5.41) is 21.2. The van der Waals surface area contributed by atoms with Crippen molar-refractivity contribution in [3.8, 4) is 12.1 Å². The Morgan fingerprint density at radius 2 is 1.17 bits per heavy atom. The van der Waals surface area contributed by atoms with E-state index in [9.17, 15) is 56.1 Å². The van der Waals surface area contributed by atoms with Crippen LogP contribution in [-0.4, -0.2) is 121 Å². The maximum atomic E-state index is 13.8. The predicted molar refractivity (Wildman–Crippen MR) is 206 cm³/mol. The van der Waals surface area contributed by atoms with Gasteiger partial charge in [-0.05, 0) is 24.3 Å². The van der Waals surface area contributed by atoms with E-state index in [1.54, 1.807) is 24.3 Å². The molecule has 8 atom stereocenters. The molecule has 1 N–H and O–H groups in total. The van der Waals surface area contributed by atoms with Gasteiger partial charge in [-0.1, -0.05) is 36.4 Å². The van der Waals surface area contributed by atoms with E-state index in [1.807, 2.05) is 4.98 Å². The molecule has 2 fully saturated rings. The van der Waals surface area contributed by atoms with Crippen LogP contribution in [0.3, 0.4) is 0 Å². The van der Waals surface area contributed by atoms with Crippen LogP contribution in [-0.2, 0) is 66.6 Å². The van der Waals surface area contributed by atoms with Crippen LogP contribution < -0.4 is 11.2 Å². The Bertz CT molecular complexity index is 2890. The van der Waals surface area contributed by atoms with Gasteiger partial charge in [0, 0.05) is 13.8 Å². The summed E-state index contributed by atoms with van der Waals surface area (Å²) in [5.41, 5.74) is -9.66. The Labute approximate surface area is 355 Å². The summed E-state index contributed by atoms with van der Waals surface area (Å²) in [6, 6.07) is 18.1. The lowest BCUT2D eigenvalue weighted by Gasteiger charge is -2.30. The van der Waals surface area contributed by atoms with Crippen molar-refractivity contribution in [3.63, 3.8) is 0 Å². The minimum Gasteiger partial charge on any atom is -0.459 e. The summed E-state index contributed by atoms with van der Waals surface area (Å²) >= 11 is 0. The molecule has 63 heavy (non-hydrogen) atoms. The van der Waals surface area contributed by atoms with E-state index < -0.39 is 128 Å². The summed E-state index contributed by atoms with van der Waals surface area (Å²) in [4.78, 5) is 84.8. The summed E-state index contributed by atoms with van der Waals surface area (Å²) in [6.45, 7) is -0.110. The van der Waals surface area contributed by atoms with E-state index in [0.29, 0.717) is 17.1 Å². The third kappa shape index (κ3) is 9.21. The molecule has 26 heteroatoms. The molecule has 2 aliphatic rings. The van der Waals surface area contributed by atoms with Crippen molar-refractivity contribution >= 4 is 55.3 Å². The van der Waals surface area contributed by atoms with E-state index in [2.05, 4.69) is 4.98 Å². The second-order valence-electron chi connectivity index (χ2n) is 13.9. The van der Waals surface area contributed by atoms with Crippen LogP contribution in [0.5, 0.6) is 0 Å². The van der Waals surface area contributed by atoms with Crippen LogP contribution in [0.4, 0.5) is 0 Å². The number of esters is 4. The normalized spacial score (nSPS) is 25.7. The number of H-pyrrole nitrogens is 1. The predicted octanol–water partition coefficient (Wildman–Crippen LogP) is -0.264. The zero-order chi connectivity index (χ0) is 46.1. The molecule has 0 spiro atoms. The molecule has 2 aromatic carbocycles. The van der Waals surface area contributed by atoms with Crippen molar-refractivity contribution in [2.45, 2.75) is 61.9 Å². The molecule has 332 valence electrons. The van der Waals surface area contributed by atoms with Crippen molar-refractivity contribution in [1.29, 1.82) is 10.5 Å². The Morgan fingerprint density at radius 1 is 0.746 bits per heavy atom. The molecule has 0 saturated carbocycles.